The van der Waals surface area contributed by atoms with Gasteiger partial charge in [-0.15, -0.1) is 10.2 Å². The van der Waals surface area contributed by atoms with E-state index in [-0.39, 0.29) is 17.2 Å². The highest BCUT2D eigenvalue weighted by atomic mass is 32.2. The summed E-state index contributed by atoms with van der Waals surface area (Å²) in [5, 5.41) is 11.1. The van der Waals surface area contributed by atoms with Crippen LogP contribution in [0.5, 0.6) is 0 Å². The van der Waals surface area contributed by atoms with Gasteiger partial charge in [-0.1, -0.05) is 38.5 Å². The van der Waals surface area contributed by atoms with Crippen LogP contribution in [0.25, 0.3) is 0 Å². The number of hydrogen-bond donors (Lipinski definition) is 2. The van der Waals surface area contributed by atoms with Gasteiger partial charge in [0.05, 0.1) is 5.25 Å². The van der Waals surface area contributed by atoms with Gasteiger partial charge >= 0.3 is 0 Å². The molecule has 0 spiro atoms. The van der Waals surface area contributed by atoms with Crippen LogP contribution in [0.1, 0.15) is 40.0 Å². The molecule has 0 saturated heterocycles. The monoisotopic (exact) mass is 297 g/mol. The third-order valence-electron chi connectivity index (χ3n) is 4.23. The van der Waals surface area contributed by atoms with E-state index in [0.29, 0.717) is 17.0 Å². The molecule has 1 heterocycles. The van der Waals surface area contributed by atoms with Gasteiger partial charge in [0.15, 0.2) is 0 Å². The Morgan fingerprint density at radius 2 is 2.30 bits per heavy atom. The second-order valence-electron chi connectivity index (χ2n) is 5.66. The molecule has 0 aliphatic heterocycles. The van der Waals surface area contributed by atoms with Crippen molar-refractivity contribution in [3.05, 3.63) is 6.33 Å². The van der Waals surface area contributed by atoms with Crippen LogP contribution < -0.4 is 11.2 Å². The first-order chi connectivity index (χ1) is 9.49. The minimum Gasteiger partial charge on any atom is -0.352 e. The van der Waals surface area contributed by atoms with Gasteiger partial charge in [-0.05, 0) is 25.2 Å². The maximum atomic E-state index is 12.3. The van der Waals surface area contributed by atoms with E-state index in [4.69, 9.17) is 5.84 Å². The molecule has 6 nitrogen and oxygen atoms in total. The Balaban J connectivity index is 1.89. The summed E-state index contributed by atoms with van der Waals surface area (Å²) in [5.41, 5.74) is 0. The molecule has 20 heavy (non-hydrogen) atoms. The predicted octanol–water partition coefficient (Wildman–Crippen LogP) is 1.41. The molecule has 3 N–H and O–H groups in total. The molecule has 2 rings (SSSR count). The predicted molar refractivity (Wildman–Crippen MR) is 79.6 cm³/mol. The summed E-state index contributed by atoms with van der Waals surface area (Å²) in [6.45, 7) is 6.35. The summed E-state index contributed by atoms with van der Waals surface area (Å²) in [6.07, 6.45) is 4.95. The zero-order valence-electron chi connectivity index (χ0n) is 12.2. The van der Waals surface area contributed by atoms with Gasteiger partial charge in [-0.25, -0.2) is 4.68 Å². The highest BCUT2D eigenvalue weighted by Gasteiger charge is 2.29. The van der Waals surface area contributed by atoms with Crippen LogP contribution in [0.3, 0.4) is 0 Å². The second kappa shape index (κ2) is 6.47. The van der Waals surface area contributed by atoms with E-state index in [2.05, 4.69) is 29.4 Å². The van der Waals surface area contributed by atoms with E-state index in [1.807, 2.05) is 6.92 Å². The van der Waals surface area contributed by atoms with Crippen molar-refractivity contribution in [3.8, 4) is 0 Å². The zero-order valence-corrected chi connectivity index (χ0v) is 13.1. The molecule has 0 unspecified atom stereocenters. The van der Waals surface area contributed by atoms with Crippen molar-refractivity contribution in [3.63, 3.8) is 0 Å². The normalized spacial score (nSPS) is 28.1. The summed E-state index contributed by atoms with van der Waals surface area (Å²) in [6, 6.07) is 0.282. The molecule has 0 aromatic carbocycles. The summed E-state index contributed by atoms with van der Waals surface area (Å²) < 4.78 is 1.33. The molecule has 1 saturated carbocycles. The number of nitrogens with one attached hydrogen (secondary N) is 1. The number of carbonyl (C=O) groups excluding carboxylic acids is 1. The van der Waals surface area contributed by atoms with E-state index in [1.165, 1.54) is 35.6 Å². The fourth-order valence-corrected chi connectivity index (χ4v) is 3.37. The van der Waals surface area contributed by atoms with Crippen molar-refractivity contribution < 1.29 is 4.79 Å². The minimum absolute atomic E-state index is 0.0453. The molecular weight excluding hydrogens is 274 g/mol. The summed E-state index contributed by atoms with van der Waals surface area (Å²) >= 11 is 1.33. The third kappa shape index (κ3) is 3.45. The Morgan fingerprint density at radius 3 is 2.95 bits per heavy atom. The minimum atomic E-state index is -0.231. The number of hydrogen-bond acceptors (Lipinski definition) is 5. The summed E-state index contributed by atoms with van der Waals surface area (Å²) in [7, 11) is 0. The van der Waals surface area contributed by atoms with E-state index in [9.17, 15) is 4.79 Å². The van der Waals surface area contributed by atoms with Crippen molar-refractivity contribution in [1.29, 1.82) is 0 Å². The van der Waals surface area contributed by atoms with Gasteiger partial charge in [-0.3, -0.25) is 4.79 Å². The largest absolute Gasteiger partial charge is 0.352 e. The molecule has 4 atom stereocenters. The van der Waals surface area contributed by atoms with Gasteiger partial charge in [0.1, 0.15) is 6.33 Å². The molecule has 112 valence electrons. The summed E-state index contributed by atoms with van der Waals surface area (Å²) in [4.78, 5) is 12.3. The molecule has 1 aliphatic rings. The molecular formula is C13H23N5OS. The van der Waals surface area contributed by atoms with Gasteiger partial charge in [0.25, 0.3) is 0 Å². The molecule has 7 heteroatoms. The fourth-order valence-electron chi connectivity index (χ4n) is 2.61. The first-order valence-electron chi connectivity index (χ1n) is 7.11. The Bertz CT molecular complexity index is 463. The number of nitrogen functional groups attached to an aromatic ring is 1. The van der Waals surface area contributed by atoms with Crippen molar-refractivity contribution in [1.82, 2.24) is 20.2 Å². The Labute approximate surface area is 123 Å². The van der Waals surface area contributed by atoms with Crippen LogP contribution in [0.15, 0.2) is 11.5 Å². The third-order valence-corrected chi connectivity index (χ3v) is 5.30. The van der Waals surface area contributed by atoms with E-state index in [0.717, 1.165) is 6.42 Å². The lowest BCUT2D eigenvalue weighted by atomic mass is 9.78. The Kier molecular flexibility index (Phi) is 4.91. The average molecular weight is 297 g/mol. The molecule has 0 bridgehead atoms. The van der Waals surface area contributed by atoms with Gasteiger partial charge in [0, 0.05) is 6.04 Å². The van der Waals surface area contributed by atoms with E-state index in [1.54, 1.807) is 0 Å². The first kappa shape index (κ1) is 15.2. The average Bonchev–Trinajstić information content (AvgIpc) is 2.80. The lowest BCUT2D eigenvalue weighted by Gasteiger charge is -2.35. The summed E-state index contributed by atoms with van der Waals surface area (Å²) in [5.74, 6) is 6.90. The van der Waals surface area contributed by atoms with Crippen LogP contribution in [-0.2, 0) is 4.79 Å². The van der Waals surface area contributed by atoms with Crippen molar-refractivity contribution in [2.75, 3.05) is 5.84 Å². The van der Waals surface area contributed by atoms with Crippen LogP contribution in [-0.4, -0.2) is 32.1 Å². The van der Waals surface area contributed by atoms with Crippen molar-refractivity contribution in [2.45, 2.75) is 56.5 Å². The molecule has 1 fully saturated rings. The standard InChI is InChI=1S/C13H23N5OS/c1-8-5-4-6-11(9(8)2)16-12(19)10(3)20-13-17-15-7-18(13)14/h7-11H,4-6,14H2,1-3H3,(H,16,19)/t8-,9+,10+,11+/m0/s1. The topological polar surface area (TPSA) is 85.8 Å². The molecule has 1 aliphatic carbocycles. The van der Waals surface area contributed by atoms with Crippen molar-refractivity contribution >= 4 is 17.7 Å². The number of thioether (sulfide) groups is 1. The van der Waals surface area contributed by atoms with Crippen LogP contribution in [0.2, 0.25) is 0 Å². The number of amides is 1. The maximum Gasteiger partial charge on any atom is 0.233 e. The highest BCUT2D eigenvalue weighted by molar-refractivity contribution is 8.00. The van der Waals surface area contributed by atoms with Gasteiger partial charge < -0.3 is 11.2 Å². The smallest absolute Gasteiger partial charge is 0.233 e. The van der Waals surface area contributed by atoms with E-state index < -0.39 is 0 Å². The number of aromatic nitrogens is 3. The number of nitrogens with zero attached hydrogens (tertiary/aromatic N) is 3. The van der Waals surface area contributed by atoms with Crippen LogP contribution >= 0.6 is 11.8 Å². The van der Waals surface area contributed by atoms with Gasteiger partial charge in [-0.2, -0.15) is 0 Å². The highest BCUT2D eigenvalue weighted by Crippen LogP contribution is 2.30. The quantitative estimate of drug-likeness (QED) is 0.648. The molecule has 1 aromatic rings. The van der Waals surface area contributed by atoms with Crippen LogP contribution in [0.4, 0.5) is 0 Å². The molecule has 0 radical (unpaired) electrons. The Morgan fingerprint density at radius 1 is 1.55 bits per heavy atom. The fraction of sp³-hybridized carbons (Fsp3) is 0.769. The number of nitrogens with two attached hydrogens (primary N) is 1. The number of rotatable bonds is 4. The molecule has 1 amide bonds. The second-order valence-corrected chi connectivity index (χ2v) is 6.97. The van der Waals surface area contributed by atoms with E-state index >= 15 is 0 Å². The lowest BCUT2D eigenvalue weighted by Crippen LogP contribution is -2.46. The number of carbonyl (C=O) groups is 1. The zero-order chi connectivity index (χ0) is 14.7. The first-order valence-corrected chi connectivity index (χ1v) is 7.99. The van der Waals surface area contributed by atoms with Crippen LogP contribution in [0, 0.1) is 11.8 Å². The Hall–Kier alpha value is -1.24. The van der Waals surface area contributed by atoms with Gasteiger partial charge in [0.2, 0.25) is 11.1 Å². The molecule has 1 aromatic heterocycles. The SMILES string of the molecule is C[C@@H]1[C@@H](C)CCC[C@H]1NC(=O)[C@@H](C)Sc1nncn1N. The lowest BCUT2D eigenvalue weighted by molar-refractivity contribution is -0.121. The van der Waals surface area contributed by atoms with Crippen molar-refractivity contribution in [2.24, 2.45) is 11.8 Å². The maximum absolute atomic E-state index is 12.3.